The summed E-state index contributed by atoms with van der Waals surface area (Å²) in [5.41, 5.74) is 0. The number of nitrogens with zero attached hydrogens (tertiary/aromatic N) is 1. The minimum atomic E-state index is -4.23. The van der Waals surface area contributed by atoms with E-state index in [0.29, 0.717) is 13.1 Å². The van der Waals surface area contributed by atoms with Gasteiger partial charge in [-0.3, -0.25) is 4.79 Å². The Labute approximate surface area is 134 Å². The fourth-order valence-electron chi connectivity index (χ4n) is 2.71. The van der Waals surface area contributed by atoms with Crippen LogP contribution in [0.1, 0.15) is 6.92 Å². The van der Waals surface area contributed by atoms with Crippen molar-refractivity contribution in [1.82, 2.24) is 9.62 Å². The number of carbonyl (C=O) groups is 1. The Bertz CT molecular complexity index is 668. The van der Waals surface area contributed by atoms with Gasteiger partial charge in [0.25, 0.3) is 5.91 Å². The molecule has 2 rings (SSSR count). The monoisotopic (exact) mass is 348 g/mol. The average molecular weight is 348 g/mol. The molecule has 0 bridgehead atoms. The van der Waals surface area contributed by atoms with Gasteiger partial charge in [-0.25, -0.2) is 17.2 Å². The van der Waals surface area contributed by atoms with Crippen LogP contribution in [0.5, 0.6) is 0 Å². The lowest BCUT2D eigenvalue weighted by Crippen LogP contribution is -3.19. The van der Waals surface area contributed by atoms with Gasteiger partial charge in [-0.15, -0.1) is 0 Å². The maximum Gasteiger partial charge on any atom is 0.277 e. The molecule has 0 radical (unpaired) electrons. The van der Waals surface area contributed by atoms with Crippen molar-refractivity contribution in [3.05, 3.63) is 29.8 Å². The largest absolute Gasteiger partial charge is 0.354 e. The first-order chi connectivity index (χ1) is 10.8. The second kappa shape index (κ2) is 6.90. The van der Waals surface area contributed by atoms with Crippen molar-refractivity contribution in [3.63, 3.8) is 0 Å². The van der Waals surface area contributed by atoms with Gasteiger partial charge in [0.05, 0.1) is 26.2 Å². The minimum absolute atomic E-state index is 0.104. The number of rotatable bonds is 4. The smallest absolute Gasteiger partial charge is 0.277 e. The van der Waals surface area contributed by atoms with E-state index in [-0.39, 0.29) is 25.0 Å². The predicted octanol–water partition coefficient (Wildman–Crippen LogP) is -1.01. The Morgan fingerprint density at radius 2 is 1.78 bits per heavy atom. The molecule has 1 aromatic rings. The molecule has 1 heterocycles. The van der Waals surface area contributed by atoms with E-state index in [1.165, 1.54) is 0 Å². The fraction of sp³-hybridized carbons (Fsp3) is 0.500. The molecule has 1 aliphatic rings. The summed E-state index contributed by atoms with van der Waals surface area (Å²) in [5.74, 6) is -2.33. The molecular weight excluding hydrogens is 328 g/mol. The van der Waals surface area contributed by atoms with E-state index >= 15 is 0 Å². The third-order valence-electron chi connectivity index (χ3n) is 4.13. The quantitative estimate of drug-likeness (QED) is 0.732. The normalized spacial score (nSPS) is 18.6. The third-order valence-corrected chi connectivity index (χ3v) is 6.08. The van der Waals surface area contributed by atoms with Gasteiger partial charge in [-0.2, -0.15) is 4.31 Å². The zero-order valence-corrected chi connectivity index (χ0v) is 13.8. The van der Waals surface area contributed by atoms with E-state index < -0.39 is 26.6 Å². The molecule has 1 amide bonds. The molecule has 0 aliphatic carbocycles. The maximum atomic E-state index is 13.8. The van der Waals surface area contributed by atoms with E-state index in [0.717, 1.165) is 27.4 Å². The zero-order chi connectivity index (χ0) is 17.2. The van der Waals surface area contributed by atoms with E-state index in [1.807, 2.05) is 0 Å². The van der Waals surface area contributed by atoms with E-state index in [9.17, 15) is 22.0 Å². The Morgan fingerprint density at radius 3 is 2.26 bits per heavy atom. The first-order valence-corrected chi connectivity index (χ1v) is 8.73. The molecule has 1 fully saturated rings. The predicted molar refractivity (Wildman–Crippen MR) is 79.3 cm³/mol. The number of benzene rings is 1. The summed E-state index contributed by atoms with van der Waals surface area (Å²) in [5, 5.41) is 2.55. The molecule has 1 aliphatic heterocycles. The lowest BCUT2D eigenvalue weighted by atomic mass is 10.2. The van der Waals surface area contributed by atoms with Crippen LogP contribution in [0.4, 0.5) is 8.78 Å². The van der Waals surface area contributed by atoms with Crippen LogP contribution in [0.15, 0.2) is 23.1 Å². The zero-order valence-electron chi connectivity index (χ0n) is 13.0. The summed E-state index contributed by atoms with van der Waals surface area (Å²) in [7, 11) is -2.69. The van der Waals surface area contributed by atoms with Crippen LogP contribution in [-0.4, -0.2) is 57.9 Å². The van der Waals surface area contributed by atoms with Gasteiger partial charge in [-0.05, 0) is 19.1 Å². The van der Waals surface area contributed by atoms with Crippen LogP contribution >= 0.6 is 0 Å². The Kier molecular flexibility index (Phi) is 5.33. The number of piperazine rings is 1. The van der Waals surface area contributed by atoms with E-state index in [2.05, 4.69) is 5.32 Å². The van der Waals surface area contributed by atoms with Gasteiger partial charge in [-0.1, -0.05) is 6.07 Å². The lowest BCUT2D eigenvalue weighted by Gasteiger charge is -2.34. The van der Waals surface area contributed by atoms with Crippen LogP contribution in [0, 0.1) is 11.6 Å². The van der Waals surface area contributed by atoms with Crippen molar-refractivity contribution in [1.29, 1.82) is 0 Å². The summed E-state index contributed by atoms with van der Waals surface area (Å²) in [6.07, 6.45) is 0. The van der Waals surface area contributed by atoms with E-state index in [4.69, 9.17) is 0 Å². The van der Waals surface area contributed by atoms with Gasteiger partial charge in [0.1, 0.15) is 11.6 Å². The molecule has 6 nitrogen and oxygen atoms in total. The Hall–Kier alpha value is -1.58. The fourth-order valence-corrected chi connectivity index (χ4v) is 4.26. The van der Waals surface area contributed by atoms with Gasteiger partial charge < -0.3 is 10.2 Å². The molecule has 1 saturated heterocycles. The highest BCUT2D eigenvalue weighted by molar-refractivity contribution is 7.89. The molecule has 0 saturated carbocycles. The first kappa shape index (κ1) is 17.8. The number of likely N-dealkylation sites (N-methyl/N-ethyl adjacent to an activating group) is 1. The molecule has 0 aromatic heterocycles. The molecule has 1 aromatic carbocycles. The molecule has 23 heavy (non-hydrogen) atoms. The molecule has 1 atom stereocenters. The van der Waals surface area contributed by atoms with Crippen molar-refractivity contribution in [2.75, 3.05) is 33.2 Å². The molecular formula is C14H20F2N3O3S+. The van der Waals surface area contributed by atoms with Gasteiger partial charge in [0.15, 0.2) is 10.9 Å². The van der Waals surface area contributed by atoms with Crippen molar-refractivity contribution in [2.45, 2.75) is 17.9 Å². The molecule has 128 valence electrons. The number of nitrogens with one attached hydrogen (secondary N) is 2. The van der Waals surface area contributed by atoms with Crippen LogP contribution in [0.3, 0.4) is 0 Å². The average Bonchev–Trinajstić information content (AvgIpc) is 2.53. The molecule has 0 unspecified atom stereocenters. The molecule has 0 spiro atoms. The van der Waals surface area contributed by atoms with Crippen molar-refractivity contribution in [3.8, 4) is 0 Å². The van der Waals surface area contributed by atoms with Crippen LogP contribution in [0.2, 0.25) is 0 Å². The topological polar surface area (TPSA) is 70.9 Å². The number of hydrogen-bond donors (Lipinski definition) is 2. The second-order valence-electron chi connectivity index (χ2n) is 5.45. The van der Waals surface area contributed by atoms with Gasteiger partial charge >= 0.3 is 0 Å². The Balaban J connectivity index is 2.15. The Morgan fingerprint density at radius 1 is 1.26 bits per heavy atom. The number of halogens is 2. The summed E-state index contributed by atoms with van der Waals surface area (Å²) in [4.78, 5) is 11.7. The van der Waals surface area contributed by atoms with E-state index in [1.54, 1.807) is 14.0 Å². The van der Waals surface area contributed by atoms with Crippen LogP contribution in [-0.2, 0) is 14.8 Å². The van der Waals surface area contributed by atoms with Gasteiger partial charge in [0, 0.05) is 7.05 Å². The highest BCUT2D eigenvalue weighted by Gasteiger charge is 2.36. The SMILES string of the molecule is CNC(=O)[C@@H](C)[NH+]1CCN(S(=O)(=O)c2c(F)cccc2F)CC1. The molecule has 9 heteroatoms. The highest BCUT2D eigenvalue weighted by Crippen LogP contribution is 2.22. The van der Waals surface area contributed by atoms with Crippen molar-refractivity contribution >= 4 is 15.9 Å². The summed E-state index contributed by atoms with van der Waals surface area (Å²) in [6, 6.07) is 2.66. The lowest BCUT2D eigenvalue weighted by molar-refractivity contribution is -0.917. The standard InChI is InChI=1S/C14H19F2N3O3S/c1-10(14(20)17-2)18-6-8-19(9-7-18)23(21,22)13-11(15)4-3-5-12(13)16/h3-5,10H,6-9H2,1-2H3,(H,17,20)/p+1/t10-/m1/s1. The number of amides is 1. The molecule has 2 N–H and O–H groups in total. The summed E-state index contributed by atoms with van der Waals surface area (Å²) >= 11 is 0. The second-order valence-corrected chi connectivity index (χ2v) is 7.32. The number of quaternary nitrogens is 1. The van der Waals surface area contributed by atoms with Gasteiger partial charge in [0.2, 0.25) is 10.0 Å². The minimum Gasteiger partial charge on any atom is -0.354 e. The third kappa shape index (κ3) is 3.51. The number of sulfonamides is 1. The number of carbonyl (C=O) groups excluding carboxylic acids is 1. The van der Waals surface area contributed by atoms with Crippen LogP contribution in [0.25, 0.3) is 0 Å². The number of hydrogen-bond acceptors (Lipinski definition) is 3. The summed E-state index contributed by atoms with van der Waals surface area (Å²) in [6.45, 7) is 2.75. The highest BCUT2D eigenvalue weighted by atomic mass is 32.2. The first-order valence-electron chi connectivity index (χ1n) is 7.29. The maximum absolute atomic E-state index is 13.8. The van der Waals surface area contributed by atoms with Crippen LogP contribution < -0.4 is 10.2 Å². The van der Waals surface area contributed by atoms with Crippen molar-refractivity contribution < 1.29 is 26.9 Å². The summed E-state index contributed by atoms with van der Waals surface area (Å²) < 4.78 is 53.5. The van der Waals surface area contributed by atoms with Crippen molar-refractivity contribution in [2.24, 2.45) is 0 Å².